The summed E-state index contributed by atoms with van der Waals surface area (Å²) in [5, 5.41) is 0.326. The van der Waals surface area contributed by atoms with Gasteiger partial charge in [-0.3, -0.25) is 4.79 Å². The Kier molecular flexibility index (Phi) is 3.99. The van der Waals surface area contributed by atoms with Crippen molar-refractivity contribution in [1.29, 1.82) is 0 Å². The number of halogens is 4. The van der Waals surface area contributed by atoms with Crippen molar-refractivity contribution in [1.82, 2.24) is 0 Å². The predicted octanol–water partition coefficient (Wildman–Crippen LogP) is 4.72. The molecule has 2 nitrogen and oxygen atoms in total. The van der Waals surface area contributed by atoms with Crippen LogP contribution < -0.4 is 4.74 Å². The van der Waals surface area contributed by atoms with Gasteiger partial charge in [0.25, 0.3) is 0 Å². The molecule has 0 bridgehead atoms. The van der Waals surface area contributed by atoms with Crippen molar-refractivity contribution < 1.29 is 22.7 Å². The van der Waals surface area contributed by atoms with Crippen LogP contribution in [0.25, 0.3) is 11.1 Å². The van der Waals surface area contributed by atoms with E-state index in [2.05, 4.69) is 4.74 Å². The molecule has 0 spiro atoms. The van der Waals surface area contributed by atoms with Gasteiger partial charge in [-0.05, 0) is 41.5 Å². The summed E-state index contributed by atoms with van der Waals surface area (Å²) in [4.78, 5) is 10.8. The summed E-state index contributed by atoms with van der Waals surface area (Å²) in [5.41, 5.74) is 1.35. The lowest BCUT2D eigenvalue weighted by Gasteiger charge is -2.10. The lowest BCUT2D eigenvalue weighted by Crippen LogP contribution is -2.17. The molecule has 0 saturated carbocycles. The van der Waals surface area contributed by atoms with E-state index in [1.54, 1.807) is 12.1 Å². The van der Waals surface area contributed by atoms with Gasteiger partial charge in [-0.2, -0.15) is 0 Å². The van der Waals surface area contributed by atoms with Gasteiger partial charge in [0.05, 0.1) is 0 Å². The smallest absolute Gasteiger partial charge is 0.406 e. The minimum Gasteiger partial charge on any atom is -0.406 e. The summed E-state index contributed by atoms with van der Waals surface area (Å²) in [5.74, 6) is -0.331. The van der Waals surface area contributed by atoms with Crippen molar-refractivity contribution in [3.8, 4) is 16.9 Å². The van der Waals surface area contributed by atoms with Crippen molar-refractivity contribution in [2.45, 2.75) is 6.36 Å². The SMILES string of the molecule is O=Cc1cc(Cl)cc(-c2cccc(OC(F)(F)F)c2)c1. The molecule has 0 aliphatic heterocycles. The van der Waals surface area contributed by atoms with Crippen LogP contribution in [0.15, 0.2) is 42.5 Å². The van der Waals surface area contributed by atoms with E-state index in [1.807, 2.05) is 0 Å². The molecule has 0 aliphatic rings. The highest BCUT2D eigenvalue weighted by Gasteiger charge is 2.31. The molecule has 0 amide bonds. The first kappa shape index (κ1) is 14.4. The molecule has 20 heavy (non-hydrogen) atoms. The standard InChI is InChI=1S/C14H8ClF3O2/c15-12-5-9(8-19)4-11(6-12)10-2-1-3-13(7-10)20-14(16,17)18/h1-8H. The Morgan fingerprint density at radius 3 is 2.45 bits per heavy atom. The molecule has 0 N–H and O–H groups in total. The summed E-state index contributed by atoms with van der Waals surface area (Å²) < 4.78 is 40.4. The second kappa shape index (κ2) is 5.54. The fourth-order valence-electron chi connectivity index (χ4n) is 1.72. The van der Waals surface area contributed by atoms with Crippen LogP contribution in [0.3, 0.4) is 0 Å². The van der Waals surface area contributed by atoms with Crippen LogP contribution in [0.2, 0.25) is 5.02 Å². The fraction of sp³-hybridized carbons (Fsp3) is 0.0714. The largest absolute Gasteiger partial charge is 0.573 e. The molecule has 0 radical (unpaired) electrons. The van der Waals surface area contributed by atoms with E-state index < -0.39 is 6.36 Å². The van der Waals surface area contributed by atoms with Crippen LogP contribution in [0.5, 0.6) is 5.75 Å². The maximum atomic E-state index is 12.2. The number of carbonyl (C=O) groups excluding carboxylic acids is 1. The van der Waals surface area contributed by atoms with Gasteiger partial charge in [-0.25, -0.2) is 0 Å². The molecule has 0 unspecified atom stereocenters. The number of rotatable bonds is 3. The Labute approximate surface area is 117 Å². The van der Waals surface area contributed by atoms with Gasteiger partial charge in [-0.15, -0.1) is 13.2 Å². The van der Waals surface area contributed by atoms with Crippen molar-refractivity contribution in [2.24, 2.45) is 0 Å². The zero-order chi connectivity index (χ0) is 14.8. The molecule has 0 heterocycles. The molecule has 0 atom stereocenters. The fourth-order valence-corrected chi connectivity index (χ4v) is 1.96. The van der Waals surface area contributed by atoms with Crippen molar-refractivity contribution in [3.05, 3.63) is 53.1 Å². The number of ether oxygens (including phenoxy) is 1. The van der Waals surface area contributed by atoms with Crippen LogP contribution in [0.4, 0.5) is 13.2 Å². The highest BCUT2D eigenvalue weighted by atomic mass is 35.5. The maximum absolute atomic E-state index is 12.2. The van der Waals surface area contributed by atoms with E-state index in [-0.39, 0.29) is 5.75 Å². The third-order valence-electron chi connectivity index (χ3n) is 2.46. The van der Waals surface area contributed by atoms with Crippen LogP contribution in [0.1, 0.15) is 10.4 Å². The predicted molar refractivity (Wildman–Crippen MR) is 69.0 cm³/mol. The van der Waals surface area contributed by atoms with E-state index in [4.69, 9.17) is 11.6 Å². The highest BCUT2D eigenvalue weighted by molar-refractivity contribution is 6.31. The number of hydrogen-bond acceptors (Lipinski definition) is 2. The zero-order valence-corrected chi connectivity index (χ0v) is 10.7. The number of aldehydes is 1. The van der Waals surface area contributed by atoms with Gasteiger partial charge in [0, 0.05) is 10.6 Å². The van der Waals surface area contributed by atoms with Gasteiger partial charge in [-0.1, -0.05) is 23.7 Å². The number of carbonyl (C=O) groups is 1. The van der Waals surface area contributed by atoms with Crippen molar-refractivity contribution in [3.63, 3.8) is 0 Å². The molecule has 0 aromatic heterocycles. The second-order valence-electron chi connectivity index (χ2n) is 3.97. The summed E-state index contributed by atoms with van der Waals surface area (Å²) in [7, 11) is 0. The molecule has 6 heteroatoms. The minimum atomic E-state index is -4.75. The van der Waals surface area contributed by atoms with Gasteiger partial charge < -0.3 is 4.74 Å². The quantitative estimate of drug-likeness (QED) is 0.767. The van der Waals surface area contributed by atoms with Gasteiger partial charge >= 0.3 is 6.36 Å². The highest BCUT2D eigenvalue weighted by Crippen LogP contribution is 2.29. The number of alkyl halides is 3. The van der Waals surface area contributed by atoms with E-state index in [0.29, 0.717) is 28.0 Å². The Morgan fingerprint density at radius 2 is 1.80 bits per heavy atom. The Morgan fingerprint density at radius 1 is 1.05 bits per heavy atom. The van der Waals surface area contributed by atoms with Crippen LogP contribution >= 0.6 is 11.6 Å². The van der Waals surface area contributed by atoms with Crippen LogP contribution in [-0.4, -0.2) is 12.6 Å². The van der Waals surface area contributed by atoms with Gasteiger partial charge in [0.15, 0.2) is 0 Å². The Hall–Kier alpha value is -2.01. The summed E-state index contributed by atoms with van der Waals surface area (Å²) in [6.45, 7) is 0. The van der Waals surface area contributed by atoms with Gasteiger partial charge in [0.2, 0.25) is 0 Å². The van der Waals surface area contributed by atoms with Crippen LogP contribution in [0, 0.1) is 0 Å². The van der Waals surface area contributed by atoms with E-state index >= 15 is 0 Å². The monoisotopic (exact) mass is 300 g/mol. The lowest BCUT2D eigenvalue weighted by atomic mass is 10.0. The third-order valence-corrected chi connectivity index (χ3v) is 2.68. The van der Waals surface area contributed by atoms with E-state index in [1.165, 1.54) is 30.3 Å². The second-order valence-corrected chi connectivity index (χ2v) is 4.40. The molecule has 2 rings (SSSR count). The molecular formula is C14H8ClF3O2. The molecule has 0 aliphatic carbocycles. The Balaban J connectivity index is 2.40. The topological polar surface area (TPSA) is 26.3 Å². The summed E-state index contributed by atoms with van der Waals surface area (Å²) >= 11 is 5.85. The third kappa shape index (κ3) is 3.74. The average molecular weight is 301 g/mol. The zero-order valence-electron chi connectivity index (χ0n) is 9.95. The lowest BCUT2D eigenvalue weighted by molar-refractivity contribution is -0.274. The summed E-state index contributed by atoms with van der Waals surface area (Å²) in [6, 6.07) is 10.0. The minimum absolute atomic E-state index is 0.326. The molecule has 104 valence electrons. The molecule has 2 aromatic rings. The summed E-state index contributed by atoms with van der Waals surface area (Å²) in [6.07, 6.45) is -4.13. The molecule has 0 saturated heterocycles. The average Bonchev–Trinajstić information content (AvgIpc) is 2.36. The van der Waals surface area contributed by atoms with Crippen molar-refractivity contribution in [2.75, 3.05) is 0 Å². The first-order chi connectivity index (χ1) is 9.37. The maximum Gasteiger partial charge on any atom is 0.573 e. The van der Waals surface area contributed by atoms with Crippen molar-refractivity contribution >= 4 is 17.9 Å². The van der Waals surface area contributed by atoms with E-state index in [9.17, 15) is 18.0 Å². The van der Waals surface area contributed by atoms with Crippen LogP contribution in [-0.2, 0) is 0 Å². The number of hydrogen-bond donors (Lipinski definition) is 0. The first-order valence-electron chi connectivity index (χ1n) is 5.49. The number of benzene rings is 2. The molecule has 0 fully saturated rings. The molecular weight excluding hydrogens is 293 g/mol. The molecule has 2 aromatic carbocycles. The van der Waals surface area contributed by atoms with E-state index in [0.717, 1.165) is 0 Å². The first-order valence-corrected chi connectivity index (χ1v) is 5.87. The normalized spacial score (nSPS) is 11.2. The van der Waals surface area contributed by atoms with Gasteiger partial charge in [0.1, 0.15) is 12.0 Å². The Bertz CT molecular complexity index is 639.